The van der Waals surface area contributed by atoms with Crippen molar-refractivity contribution in [1.29, 1.82) is 11.1 Å². The van der Waals surface area contributed by atoms with Gasteiger partial charge in [-0.2, -0.15) is 27.1 Å². The van der Waals surface area contributed by atoms with Gasteiger partial charge >= 0.3 is 0 Å². The average Bonchev–Trinajstić information content (AvgIpc) is 3.03. The van der Waals surface area contributed by atoms with Crippen molar-refractivity contribution in [2.24, 2.45) is 21.7 Å². The van der Waals surface area contributed by atoms with Gasteiger partial charge in [-0.15, -0.1) is 0 Å². The third-order valence-corrected chi connectivity index (χ3v) is 12.6. The Morgan fingerprint density at radius 3 is 1.27 bits per heavy atom. The lowest BCUT2D eigenvalue weighted by Crippen LogP contribution is -2.54. The minimum atomic E-state index is -5.06. The van der Waals surface area contributed by atoms with Crippen LogP contribution >= 0.6 is 23.2 Å². The van der Waals surface area contributed by atoms with Gasteiger partial charge in [0.25, 0.3) is 20.2 Å². The minimum absolute atomic E-state index is 0.0686. The average molecular weight is 726 g/mol. The van der Waals surface area contributed by atoms with Gasteiger partial charge in [0.1, 0.15) is 0 Å². The Morgan fingerprint density at radius 2 is 0.958 bits per heavy atom. The van der Waals surface area contributed by atoms with Gasteiger partial charge in [0, 0.05) is 21.2 Å². The highest BCUT2D eigenvalue weighted by molar-refractivity contribution is 7.87. The van der Waals surface area contributed by atoms with Gasteiger partial charge in [-0.25, -0.2) is 11.1 Å². The van der Waals surface area contributed by atoms with Gasteiger partial charge in [0.2, 0.25) is 0 Å². The van der Waals surface area contributed by atoms with E-state index in [0.717, 1.165) is 0 Å². The molecule has 6 rings (SSSR count). The molecule has 0 aromatic heterocycles. The number of halogens is 2. The zero-order valence-electron chi connectivity index (χ0n) is 24.5. The number of rotatable bonds is 7. The summed E-state index contributed by atoms with van der Waals surface area (Å²) in [6, 6.07) is 18.3. The predicted octanol–water partition coefficient (Wildman–Crippen LogP) is 6.35. The van der Waals surface area contributed by atoms with Crippen LogP contribution in [-0.2, 0) is 29.7 Å². The Labute approximate surface area is 285 Å². The molecule has 16 heteroatoms. The van der Waals surface area contributed by atoms with Crippen LogP contribution in [0.1, 0.15) is 33.4 Å². The molecule has 4 unspecified atom stereocenters. The molecule has 12 nitrogen and oxygen atoms in total. The maximum atomic E-state index is 13.3. The van der Waals surface area contributed by atoms with Crippen molar-refractivity contribution in [3.8, 4) is 11.1 Å². The molecule has 4 aromatic rings. The van der Waals surface area contributed by atoms with E-state index >= 15 is 0 Å². The molecule has 0 heterocycles. The van der Waals surface area contributed by atoms with Crippen molar-refractivity contribution in [3.05, 3.63) is 140 Å². The van der Waals surface area contributed by atoms with Gasteiger partial charge in [-0.05, 0) is 57.7 Å². The minimum Gasteiger partial charge on any atom is -0.321 e. The first-order chi connectivity index (χ1) is 22.6. The van der Waals surface area contributed by atoms with Crippen LogP contribution in [0.25, 0.3) is 23.3 Å². The summed E-state index contributed by atoms with van der Waals surface area (Å²) >= 11 is 13.6. The molecule has 4 aromatic carbocycles. The summed E-state index contributed by atoms with van der Waals surface area (Å²) in [6.07, 6.45) is 2.93. The highest BCUT2D eigenvalue weighted by Crippen LogP contribution is 2.52. The van der Waals surface area contributed by atoms with E-state index < -0.39 is 41.8 Å². The van der Waals surface area contributed by atoms with Gasteiger partial charge in [0.15, 0.2) is 9.49 Å². The van der Waals surface area contributed by atoms with Crippen LogP contribution in [0.15, 0.2) is 107 Å². The number of nitrogens with zero attached hydrogens (tertiary/aromatic N) is 2. The molecule has 0 radical (unpaired) electrons. The number of hydrogen-bond acceptors (Lipinski definition) is 10. The monoisotopic (exact) mass is 724 g/mol. The fraction of sp³-hybridized carbons (Fsp3) is 0.125. The summed E-state index contributed by atoms with van der Waals surface area (Å²) in [5, 5.41) is 6.65. The summed E-state index contributed by atoms with van der Waals surface area (Å²) in [7, 11) is -10.1. The topological polar surface area (TPSA) is 233 Å². The Balaban J connectivity index is 1.53. The van der Waals surface area contributed by atoms with E-state index in [-0.39, 0.29) is 43.7 Å². The Kier molecular flexibility index (Phi) is 8.29. The molecule has 2 aliphatic rings. The highest BCUT2D eigenvalue weighted by atomic mass is 35.5. The summed E-state index contributed by atoms with van der Waals surface area (Å²) in [6.45, 7) is 0. The van der Waals surface area contributed by atoms with Crippen molar-refractivity contribution in [2.45, 2.75) is 21.6 Å². The highest BCUT2D eigenvalue weighted by Gasteiger charge is 2.58. The molecule has 0 saturated heterocycles. The Morgan fingerprint density at radius 1 is 0.604 bits per heavy atom. The predicted molar refractivity (Wildman–Crippen MR) is 182 cm³/mol. The van der Waals surface area contributed by atoms with E-state index in [1.165, 1.54) is 60.7 Å². The zero-order valence-corrected chi connectivity index (χ0v) is 27.7. The maximum absolute atomic E-state index is 13.3. The fourth-order valence-corrected chi connectivity index (χ4v) is 10.4. The van der Waals surface area contributed by atoms with Crippen LogP contribution in [0.3, 0.4) is 0 Å². The van der Waals surface area contributed by atoms with Crippen molar-refractivity contribution < 1.29 is 25.9 Å². The number of nitrogens with one attached hydrogen (secondary N) is 2. The molecule has 0 saturated carbocycles. The lowest BCUT2D eigenvalue weighted by atomic mass is 9.76. The van der Waals surface area contributed by atoms with Crippen molar-refractivity contribution in [1.82, 2.24) is 0 Å². The molecule has 246 valence electrons. The normalized spacial score (nSPS) is 23.7. The van der Waals surface area contributed by atoms with E-state index in [4.69, 9.17) is 45.7 Å². The molecular formula is C32H26Cl2N6O6S2. The molecule has 48 heavy (non-hydrogen) atoms. The van der Waals surface area contributed by atoms with Crippen LogP contribution in [0, 0.1) is 11.1 Å². The molecule has 0 fully saturated rings. The molecule has 0 bridgehead atoms. The Hall–Kier alpha value is -4.12. The summed E-state index contributed by atoms with van der Waals surface area (Å²) < 4.78 is 70.2. The largest absolute Gasteiger partial charge is 0.321 e. The fourth-order valence-electron chi connectivity index (χ4n) is 6.87. The van der Waals surface area contributed by atoms with E-state index in [2.05, 4.69) is 10.2 Å². The van der Waals surface area contributed by atoms with Gasteiger partial charge in [0.05, 0.1) is 23.5 Å². The lowest BCUT2D eigenvalue weighted by Gasteiger charge is -2.41. The summed E-state index contributed by atoms with van der Waals surface area (Å²) in [4.78, 5) is 0. The second-order valence-corrected chi connectivity index (χ2v) is 15.3. The third kappa shape index (κ3) is 4.71. The third-order valence-electron chi connectivity index (χ3n) is 8.99. The quantitative estimate of drug-likeness (QED) is 0.0926. The molecule has 8 N–H and O–H groups in total. The van der Waals surface area contributed by atoms with E-state index in [1.807, 2.05) is 0 Å². The summed E-state index contributed by atoms with van der Waals surface area (Å²) in [5.41, 5.74) is 29.7. The SMILES string of the molecule is N=NC1=Cc2ccccc2C(c2ccc(-c3ccc(C4(S(=O)(=O)O)c5ccccc5C=C(N=N)C4N)c(Cl)c3)cc2Cl)(S(=O)(=O)O)C1N. The first-order valence-corrected chi connectivity index (χ1v) is 17.7. The zero-order chi connectivity index (χ0) is 34.8. The standard InChI is InChI=1S/C32H26Cl2N6O6S2/c33-25-13-17(9-11-23(25)31(47(41,42)43)21-7-3-1-5-19(21)15-27(39-37)29(31)35)18-10-12-24(26(34)14-18)32(48(44,45)46)22-8-4-2-6-20(22)16-28(40-38)30(32)36/h1-16,29-30,37-38H,35-36H2,(H,41,42,43)(H,44,45,46). The number of fused-ring (bicyclic) bond motifs is 2. The second kappa shape index (κ2) is 11.8. The van der Waals surface area contributed by atoms with Crippen molar-refractivity contribution >= 4 is 55.6 Å². The first-order valence-electron chi connectivity index (χ1n) is 14.1. The van der Waals surface area contributed by atoms with E-state index in [0.29, 0.717) is 22.3 Å². The van der Waals surface area contributed by atoms with Crippen LogP contribution < -0.4 is 11.5 Å². The van der Waals surface area contributed by atoms with Gasteiger partial charge < -0.3 is 11.5 Å². The van der Waals surface area contributed by atoms with Crippen molar-refractivity contribution in [2.75, 3.05) is 0 Å². The van der Waals surface area contributed by atoms with Crippen LogP contribution in [-0.4, -0.2) is 38.0 Å². The van der Waals surface area contributed by atoms with Crippen molar-refractivity contribution in [3.63, 3.8) is 0 Å². The number of benzene rings is 4. The molecule has 0 aliphatic heterocycles. The van der Waals surface area contributed by atoms with Gasteiger partial charge in [-0.3, -0.25) is 9.11 Å². The second-order valence-electron chi connectivity index (χ2n) is 11.3. The maximum Gasteiger partial charge on any atom is 0.281 e. The molecule has 0 amide bonds. The number of hydrogen-bond donors (Lipinski definition) is 6. The number of nitrogens with two attached hydrogens (primary N) is 2. The Bertz CT molecular complexity index is 2170. The molecule has 2 aliphatic carbocycles. The molecule has 0 spiro atoms. The van der Waals surface area contributed by atoms with Gasteiger partial charge in [-0.1, -0.05) is 96.0 Å². The molecule has 4 atom stereocenters. The summed E-state index contributed by atoms with van der Waals surface area (Å²) in [5.74, 6) is 0. The van der Waals surface area contributed by atoms with Crippen LogP contribution in [0.4, 0.5) is 0 Å². The van der Waals surface area contributed by atoms with Crippen LogP contribution in [0.5, 0.6) is 0 Å². The lowest BCUT2D eigenvalue weighted by molar-refractivity contribution is 0.423. The first kappa shape index (κ1) is 33.8. The smallest absolute Gasteiger partial charge is 0.281 e. The van der Waals surface area contributed by atoms with E-state index in [9.17, 15) is 25.9 Å². The molecular weight excluding hydrogens is 699 g/mol. The van der Waals surface area contributed by atoms with Crippen LogP contribution in [0.2, 0.25) is 10.0 Å². The van der Waals surface area contributed by atoms with E-state index in [1.54, 1.807) is 36.4 Å².